The van der Waals surface area contributed by atoms with Crippen LogP contribution in [0.15, 0.2) is 18.2 Å². The predicted molar refractivity (Wildman–Crippen MR) is 80.2 cm³/mol. The van der Waals surface area contributed by atoms with Gasteiger partial charge in [0, 0.05) is 6.54 Å². The first-order valence-corrected chi connectivity index (χ1v) is 7.30. The van der Waals surface area contributed by atoms with Crippen LogP contribution < -0.4 is 10.6 Å². The van der Waals surface area contributed by atoms with Crippen LogP contribution in [0.25, 0.3) is 0 Å². The standard InChI is InChI=1S/C16H25FN2O/c1-4-5-9-19-16(20)13(3)18-10-8-14-6-7-15(17)11-12(14)2/h6-7,11,13,18H,4-5,8-10H2,1-3H3,(H,19,20). The van der Waals surface area contributed by atoms with Gasteiger partial charge in [0.1, 0.15) is 5.82 Å². The molecule has 1 amide bonds. The van der Waals surface area contributed by atoms with E-state index in [1.807, 2.05) is 13.8 Å². The Kier molecular flexibility index (Phi) is 7.23. The fourth-order valence-corrected chi connectivity index (χ4v) is 2.00. The Morgan fingerprint density at radius 2 is 2.10 bits per heavy atom. The molecule has 20 heavy (non-hydrogen) atoms. The van der Waals surface area contributed by atoms with Gasteiger partial charge in [-0.1, -0.05) is 19.4 Å². The van der Waals surface area contributed by atoms with Gasteiger partial charge in [-0.3, -0.25) is 4.79 Å². The minimum Gasteiger partial charge on any atom is -0.355 e. The van der Waals surface area contributed by atoms with E-state index in [2.05, 4.69) is 17.6 Å². The van der Waals surface area contributed by atoms with Gasteiger partial charge in [-0.2, -0.15) is 0 Å². The zero-order valence-electron chi connectivity index (χ0n) is 12.6. The van der Waals surface area contributed by atoms with Gasteiger partial charge in [-0.15, -0.1) is 0 Å². The molecule has 1 aromatic rings. The first kappa shape index (κ1) is 16.6. The molecule has 0 radical (unpaired) electrons. The third-order valence-corrected chi connectivity index (χ3v) is 3.37. The number of hydrogen-bond acceptors (Lipinski definition) is 2. The van der Waals surface area contributed by atoms with Crippen molar-refractivity contribution in [2.24, 2.45) is 0 Å². The summed E-state index contributed by atoms with van der Waals surface area (Å²) in [4.78, 5) is 11.7. The van der Waals surface area contributed by atoms with E-state index >= 15 is 0 Å². The number of benzene rings is 1. The number of nitrogens with one attached hydrogen (secondary N) is 2. The van der Waals surface area contributed by atoms with Crippen LogP contribution in [0.2, 0.25) is 0 Å². The largest absolute Gasteiger partial charge is 0.355 e. The third-order valence-electron chi connectivity index (χ3n) is 3.37. The molecule has 2 N–H and O–H groups in total. The fraction of sp³-hybridized carbons (Fsp3) is 0.562. The molecule has 0 fully saturated rings. The number of halogens is 1. The predicted octanol–water partition coefficient (Wildman–Crippen LogP) is 2.57. The second kappa shape index (κ2) is 8.69. The number of hydrogen-bond donors (Lipinski definition) is 2. The van der Waals surface area contributed by atoms with Crippen molar-refractivity contribution in [3.8, 4) is 0 Å². The number of rotatable bonds is 8. The van der Waals surface area contributed by atoms with E-state index in [4.69, 9.17) is 0 Å². The van der Waals surface area contributed by atoms with E-state index in [-0.39, 0.29) is 17.8 Å². The molecule has 1 rings (SSSR count). The van der Waals surface area contributed by atoms with Crippen LogP contribution in [0.1, 0.15) is 37.8 Å². The van der Waals surface area contributed by atoms with Crippen molar-refractivity contribution >= 4 is 5.91 Å². The summed E-state index contributed by atoms with van der Waals surface area (Å²) in [6.45, 7) is 7.30. The first-order chi connectivity index (χ1) is 9.54. The van der Waals surface area contributed by atoms with Crippen LogP contribution >= 0.6 is 0 Å². The smallest absolute Gasteiger partial charge is 0.236 e. The summed E-state index contributed by atoms with van der Waals surface area (Å²) in [5.74, 6) is -0.169. The molecule has 0 saturated heterocycles. The molecule has 112 valence electrons. The van der Waals surface area contributed by atoms with Crippen LogP contribution in [0.5, 0.6) is 0 Å². The zero-order valence-corrected chi connectivity index (χ0v) is 12.6. The molecule has 3 nitrogen and oxygen atoms in total. The minimum absolute atomic E-state index is 0.0364. The molecule has 0 saturated carbocycles. The monoisotopic (exact) mass is 280 g/mol. The molecule has 4 heteroatoms. The summed E-state index contributed by atoms with van der Waals surface area (Å²) < 4.78 is 13.0. The molecule has 0 aromatic heterocycles. The SMILES string of the molecule is CCCCNC(=O)C(C)NCCc1ccc(F)cc1C. The molecule has 0 heterocycles. The Bertz CT molecular complexity index is 434. The van der Waals surface area contributed by atoms with E-state index in [1.165, 1.54) is 12.1 Å². The molecular formula is C16H25FN2O. The molecule has 1 atom stereocenters. The van der Waals surface area contributed by atoms with Crippen LogP contribution in [-0.2, 0) is 11.2 Å². The van der Waals surface area contributed by atoms with Crippen molar-refractivity contribution in [3.05, 3.63) is 35.1 Å². The van der Waals surface area contributed by atoms with Crippen molar-refractivity contribution in [1.82, 2.24) is 10.6 Å². The first-order valence-electron chi connectivity index (χ1n) is 7.30. The van der Waals surface area contributed by atoms with E-state index in [1.54, 1.807) is 6.07 Å². The quantitative estimate of drug-likeness (QED) is 0.719. The summed E-state index contributed by atoms with van der Waals surface area (Å²) >= 11 is 0. The zero-order chi connectivity index (χ0) is 15.0. The maximum atomic E-state index is 13.0. The summed E-state index contributed by atoms with van der Waals surface area (Å²) in [6, 6.07) is 4.62. The van der Waals surface area contributed by atoms with Crippen LogP contribution in [-0.4, -0.2) is 25.0 Å². The average molecular weight is 280 g/mol. The number of amides is 1. The van der Waals surface area contributed by atoms with Gasteiger partial charge >= 0.3 is 0 Å². The lowest BCUT2D eigenvalue weighted by atomic mass is 10.1. The van der Waals surface area contributed by atoms with Gasteiger partial charge in [0.15, 0.2) is 0 Å². The maximum absolute atomic E-state index is 13.0. The summed E-state index contributed by atoms with van der Waals surface area (Å²) in [6.07, 6.45) is 2.87. The molecule has 0 aliphatic heterocycles. The highest BCUT2D eigenvalue weighted by Crippen LogP contribution is 2.10. The molecular weight excluding hydrogens is 255 g/mol. The number of carbonyl (C=O) groups excluding carboxylic acids is 1. The summed E-state index contributed by atoms with van der Waals surface area (Å²) in [5, 5.41) is 6.09. The van der Waals surface area contributed by atoms with E-state index in [9.17, 15) is 9.18 Å². The topological polar surface area (TPSA) is 41.1 Å². The number of unbranched alkanes of at least 4 members (excludes halogenated alkanes) is 1. The van der Waals surface area contributed by atoms with Gasteiger partial charge in [-0.25, -0.2) is 4.39 Å². The highest BCUT2D eigenvalue weighted by molar-refractivity contribution is 5.81. The maximum Gasteiger partial charge on any atom is 0.236 e. The number of aryl methyl sites for hydroxylation is 1. The highest BCUT2D eigenvalue weighted by Gasteiger charge is 2.11. The second-order valence-electron chi connectivity index (χ2n) is 5.14. The lowest BCUT2D eigenvalue weighted by molar-refractivity contribution is -0.122. The van der Waals surface area contributed by atoms with Gasteiger partial charge in [0.05, 0.1) is 6.04 Å². The molecule has 1 aromatic carbocycles. The Morgan fingerprint density at radius 3 is 2.75 bits per heavy atom. The van der Waals surface area contributed by atoms with E-state index < -0.39 is 0 Å². The van der Waals surface area contributed by atoms with Crippen molar-refractivity contribution < 1.29 is 9.18 Å². The lowest BCUT2D eigenvalue weighted by Gasteiger charge is -2.14. The molecule has 0 bridgehead atoms. The summed E-state index contributed by atoms with van der Waals surface area (Å²) in [5.41, 5.74) is 2.06. The van der Waals surface area contributed by atoms with Gasteiger partial charge < -0.3 is 10.6 Å². The lowest BCUT2D eigenvalue weighted by Crippen LogP contribution is -2.43. The van der Waals surface area contributed by atoms with Crippen molar-refractivity contribution in [2.45, 2.75) is 46.1 Å². The Morgan fingerprint density at radius 1 is 1.35 bits per heavy atom. The fourth-order valence-electron chi connectivity index (χ4n) is 2.00. The van der Waals surface area contributed by atoms with Gasteiger partial charge in [-0.05, 0) is 56.5 Å². The van der Waals surface area contributed by atoms with Crippen molar-refractivity contribution in [1.29, 1.82) is 0 Å². The Balaban J connectivity index is 2.30. The minimum atomic E-state index is -0.206. The normalized spacial score (nSPS) is 12.2. The number of carbonyl (C=O) groups is 1. The van der Waals surface area contributed by atoms with Crippen LogP contribution in [0.4, 0.5) is 4.39 Å². The summed E-state index contributed by atoms with van der Waals surface area (Å²) in [7, 11) is 0. The molecule has 0 aliphatic carbocycles. The van der Waals surface area contributed by atoms with Gasteiger partial charge in [0.25, 0.3) is 0 Å². The Labute approximate surface area is 121 Å². The average Bonchev–Trinajstić information content (AvgIpc) is 2.41. The van der Waals surface area contributed by atoms with E-state index in [0.29, 0.717) is 6.54 Å². The highest BCUT2D eigenvalue weighted by atomic mass is 19.1. The van der Waals surface area contributed by atoms with Crippen LogP contribution in [0, 0.1) is 12.7 Å². The van der Waals surface area contributed by atoms with Crippen LogP contribution in [0.3, 0.4) is 0 Å². The van der Waals surface area contributed by atoms with Crippen molar-refractivity contribution in [2.75, 3.05) is 13.1 Å². The molecule has 0 aliphatic rings. The van der Waals surface area contributed by atoms with E-state index in [0.717, 1.165) is 36.9 Å². The second-order valence-corrected chi connectivity index (χ2v) is 5.14. The molecule has 1 unspecified atom stereocenters. The molecule has 0 spiro atoms. The van der Waals surface area contributed by atoms with Crippen molar-refractivity contribution in [3.63, 3.8) is 0 Å². The third kappa shape index (κ3) is 5.70. The Hall–Kier alpha value is -1.42. The van der Waals surface area contributed by atoms with Gasteiger partial charge in [0.2, 0.25) is 5.91 Å².